The second-order valence-corrected chi connectivity index (χ2v) is 4.47. The standard InChI is InChI=1S/C9H7Br2NO/c1-2-8-12-7-4-5(10)3-6(11)9(7)13-8/h3-4H,2H2,1H3. The van der Waals surface area contributed by atoms with Gasteiger partial charge in [0.25, 0.3) is 0 Å². The fourth-order valence-corrected chi connectivity index (χ4v) is 2.44. The molecule has 0 fully saturated rings. The Kier molecular flexibility index (Phi) is 2.43. The molecule has 0 spiro atoms. The van der Waals surface area contributed by atoms with E-state index in [0.29, 0.717) is 0 Å². The predicted octanol–water partition coefficient (Wildman–Crippen LogP) is 3.92. The van der Waals surface area contributed by atoms with Crippen LogP contribution in [-0.2, 0) is 6.42 Å². The van der Waals surface area contributed by atoms with Gasteiger partial charge in [-0.3, -0.25) is 0 Å². The molecule has 0 unspecified atom stereocenters. The van der Waals surface area contributed by atoms with Crippen molar-refractivity contribution in [3.63, 3.8) is 0 Å². The Balaban J connectivity index is 2.75. The first kappa shape index (κ1) is 9.21. The molecule has 0 radical (unpaired) electrons. The molecule has 2 rings (SSSR count). The molecule has 13 heavy (non-hydrogen) atoms. The van der Waals surface area contributed by atoms with Crippen LogP contribution in [0.4, 0.5) is 0 Å². The van der Waals surface area contributed by atoms with Crippen LogP contribution >= 0.6 is 31.9 Å². The molecule has 68 valence electrons. The molecule has 1 aromatic carbocycles. The van der Waals surface area contributed by atoms with Crippen molar-refractivity contribution < 1.29 is 4.42 Å². The van der Waals surface area contributed by atoms with Crippen molar-refractivity contribution in [2.45, 2.75) is 13.3 Å². The van der Waals surface area contributed by atoms with Gasteiger partial charge in [-0.15, -0.1) is 0 Å². The molecular weight excluding hydrogens is 298 g/mol. The van der Waals surface area contributed by atoms with E-state index in [4.69, 9.17) is 4.42 Å². The fraction of sp³-hybridized carbons (Fsp3) is 0.222. The summed E-state index contributed by atoms with van der Waals surface area (Å²) in [5.41, 5.74) is 1.71. The van der Waals surface area contributed by atoms with E-state index < -0.39 is 0 Å². The largest absolute Gasteiger partial charge is 0.440 e. The van der Waals surface area contributed by atoms with Crippen LogP contribution in [0.5, 0.6) is 0 Å². The first-order valence-electron chi connectivity index (χ1n) is 3.95. The van der Waals surface area contributed by atoms with Gasteiger partial charge in [-0.2, -0.15) is 0 Å². The highest BCUT2D eigenvalue weighted by Crippen LogP contribution is 2.28. The summed E-state index contributed by atoms with van der Waals surface area (Å²) in [6.45, 7) is 2.02. The van der Waals surface area contributed by atoms with Crippen LogP contribution < -0.4 is 0 Å². The maximum atomic E-state index is 5.52. The molecule has 0 saturated carbocycles. The average Bonchev–Trinajstić information content (AvgIpc) is 2.47. The minimum Gasteiger partial charge on any atom is -0.440 e. The van der Waals surface area contributed by atoms with E-state index in [1.165, 1.54) is 0 Å². The van der Waals surface area contributed by atoms with Gasteiger partial charge in [-0.25, -0.2) is 4.98 Å². The van der Waals surface area contributed by atoms with Crippen molar-refractivity contribution in [3.05, 3.63) is 27.0 Å². The Morgan fingerprint density at radius 1 is 1.38 bits per heavy atom. The highest BCUT2D eigenvalue weighted by Gasteiger charge is 2.08. The third kappa shape index (κ3) is 1.65. The Morgan fingerprint density at radius 2 is 2.15 bits per heavy atom. The van der Waals surface area contributed by atoms with E-state index in [1.807, 2.05) is 19.1 Å². The van der Waals surface area contributed by atoms with Crippen LogP contribution in [0.25, 0.3) is 11.1 Å². The van der Waals surface area contributed by atoms with Gasteiger partial charge >= 0.3 is 0 Å². The number of fused-ring (bicyclic) bond motifs is 1. The molecule has 0 N–H and O–H groups in total. The smallest absolute Gasteiger partial charge is 0.195 e. The average molecular weight is 305 g/mol. The van der Waals surface area contributed by atoms with Crippen molar-refractivity contribution >= 4 is 43.0 Å². The molecule has 0 aliphatic heterocycles. The summed E-state index contributed by atoms with van der Waals surface area (Å²) in [4.78, 5) is 4.33. The van der Waals surface area contributed by atoms with Crippen LogP contribution in [0.1, 0.15) is 12.8 Å². The highest BCUT2D eigenvalue weighted by atomic mass is 79.9. The molecular formula is C9H7Br2NO. The van der Waals surface area contributed by atoms with Crippen molar-refractivity contribution in [2.75, 3.05) is 0 Å². The summed E-state index contributed by atoms with van der Waals surface area (Å²) in [6.07, 6.45) is 0.818. The Bertz CT molecular complexity index is 450. The van der Waals surface area contributed by atoms with Crippen molar-refractivity contribution in [1.82, 2.24) is 4.98 Å². The third-order valence-electron chi connectivity index (χ3n) is 1.76. The summed E-state index contributed by atoms with van der Waals surface area (Å²) in [5.74, 6) is 0.772. The first-order valence-corrected chi connectivity index (χ1v) is 5.53. The normalized spacial score (nSPS) is 11.0. The van der Waals surface area contributed by atoms with Gasteiger partial charge in [-0.05, 0) is 28.1 Å². The number of hydrogen-bond donors (Lipinski definition) is 0. The summed E-state index contributed by atoms with van der Waals surface area (Å²) in [5, 5.41) is 0. The van der Waals surface area contributed by atoms with Gasteiger partial charge in [0, 0.05) is 10.9 Å². The van der Waals surface area contributed by atoms with E-state index in [-0.39, 0.29) is 0 Å². The summed E-state index contributed by atoms with van der Waals surface area (Å²) in [6, 6.07) is 3.90. The lowest BCUT2D eigenvalue weighted by atomic mass is 10.3. The third-order valence-corrected chi connectivity index (χ3v) is 2.80. The maximum absolute atomic E-state index is 5.52. The molecule has 0 aliphatic carbocycles. The summed E-state index contributed by atoms with van der Waals surface area (Å²) >= 11 is 6.83. The zero-order chi connectivity index (χ0) is 9.42. The number of hydrogen-bond acceptors (Lipinski definition) is 2. The number of halogens is 2. The molecule has 0 atom stereocenters. The van der Waals surface area contributed by atoms with Crippen molar-refractivity contribution in [1.29, 1.82) is 0 Å². The highest BCUT2D eigenvalue weighted by molar-refractivity contribution is 9.11. The zero-order valence-electron chi connectivity index (χ0n) is 6.97. The second kappa shape index (κ2) is 3.42. The topological polar surface area (TPSA) is 26.0 Å². The minimum absolute atomic E-state index is 0.772. The van der Waals surface area contributed by atoms with E-state index >= 15 is 0 Å². The lowest BCUT2D eigenvalue weighted by Gasteiger charge is -1.92. The molecule has 0 bridgehead atoms. The molecule has 2 aromatic rings. The van der Waals surface area contributed by atoms with Gasteiger partial charge in [0.2, 0.25) is 0 Å². The van der Waals surface area contributed by atoms with Gasteiger partial charge in [-0.1, -0.05) is 22.9 Å². The zero-order valence-corrected chi connectivity index (χ0v) is 10.1. The molecule has 1 heterocycles. The van der Waals surface area contributed by atoms with Crippen LogP contribution in [0, 0.1) is 0 Å². The SMILES string of the molecule is CCc1nc2cc(Br)cc(Br)c2o1. The van der Waals surface area contributed by atoms with E-state index in [9.17, 15) is 0 Å². The Hall–Kier alpha value is -0.350. The fourth-order valence-electron chi connectivity index (χ4n) is 1.16. The molecule has 1 aromatic heterocycles. The molecule has 4 heteroatoms. The van der Waals surface area contributed by atoms with E-state index in [0.717, 1.165) is 32.4 Å². The van der Waals surface area contributed by atoms with Crippen molar-refractivity contribution in [3.8, 4) is 0 Å². The first-order chi connectivity index (χ1) is 6.20. The number of nitrogens with zero attached hydrogens (tertiary/aromatic N) is 1. The van der Waals surface area contributed by atoms with Crippen molar-refractivity contribution in [2.24, 2.45) is 0 Å². The minimum atomic E-state index is 0.772. The van der Waals surface area contributed by atoms with Gasteiger partial charge in [0.1, 0.15) is 5.52 Å². The number of rotatable bonds is 1. The maximum Gasteiger partial charge on any atom is 0.195 e. The lowest BCUT2D eigenvalue weighted by molar-refractivity contribution is 0.536. The summed E-state index contributed by atoms with van der Waals surface area (Å²) < 4.78 is 7.46. The Labute approximate surface area is 92.6 Å². The number of benzene rings is 1. The summed E-state index contributed by atoms with van der Waals surface area (Å²) in [7, 11) is 0. The van der Waals surface area contributed by atoms with Gasteiger partial charge in [0.15, 0.2) is 11.5 Å². The predicted molar refractivity (Wildman–Crippen MR) is 58.8 cm³/mol. The van der Waals surface area contributed by atoms with Crippen LogP contribution in [0.3, 0.4) is 0 Å². The second-order valence-electron chi connectivity index (χ2n) is 2.70. The number of aryl methyl sites for hydroxylation is 1. The van der Waals surface area contributed by atoms with Gasteiger partial charge < -0.3 is 4.42 Å². The monoisotopic (exact) mass is 303 g/mol. The van der Waals surface area contributed by atoms with Crippen LogP contribution in [0.2, 0.25) is 0 Å². The Morgan fingerprint density at radius 3 is 2.85 bits per heavy atom. The molecule has 0 amide bonds. The number of aromatic nitrogens is 1. The molecule has 2 nitrogen and oxygen atoms in total. The van der Waals surface area contributed by atoms with E-state index in [1.54, 1.807) is 0 Å². The van der Waals surface area contributed by atoms with Crippen LogP contribution in [0.15, 0.2) is 25.5 Å². The van der Waals surface area contributed by atoms with Gasteiger partial charge in [0.05, 0.1) is 4.47 Å². The quantitative estimate of drug-likeness (QED) is 0.798. The number of oxazole rings is 1. The van der Waals surface area contributed by atoms with E-state index in [2.05, 4.69) is 36.8 Å². The lowest BCUT2D eigenvalue weighted by Crippen LogP contribution is -1.75. The molecule has 0 aliphatic rings. The molecule has 0 saturated heterocycles. The van der Waals surface area contributed by atoms with Crippen LogP contribution in [-0.4, -0.2) is 4.98 Å².